The number of carboxylic acids is 1. The van der Waals surface area contributed by atoms with E-state index in [0.29, 0.717) is 0 Å². The van der Waals surface area contributed by atoms with Crippen LogP contribution in [-0.4, -0.2) is 47.6 Å². The predicted molar refractivity (Wildman–Crippen MR) is 50.9 cm³/mol. The molecule has 0 saturated carbocycles. The van der Waals surface area contributed by atoms with Crippen LogP contribution in [0.4, 0.5) is 0 Å². The topological polar surface area (TPSA) is 69.6 Å². The number of amides is 1. The van der Waals surface area contributed by atoms with Crippen molar-refractivity contribution in [3.05, 3.63) is 0 Å². The van der Waals surface area contributed by atoms with E-state index >= 15 is 0 Å². The number of carbonyl (C=O) groups excluding carboxylic acids is 1. The van der Waals surface area contributed by atoms with Gasteiger partial charge in [0.2, 0.25) is 5.91 Å². The van der Waals surface area contributed by atoms with E-state index in [1.165, 1.54) is 18.9 Å². The van der Waals surface area contributed by atoms with E-state index in [2.05, 4.69) is 5.32 Å². The summed E-state index contributed by atoms with van der Waals surface area (Å²) in [5, 5.41) is 11.8. The van der Waals surface area contributed by atoms with Crippen LogP contribution in [0.2, 0.25) is 0 Å². The third kappa shape index (κ3) is 2.23. The first-order chi connectivity index (χ1) is 6.54. The van der Waals surface area contributed by atoms with Crippen LogP contribution in [0.3, 0.4) is 0 Å². The second kappa shape index (κ2) is 4.41. The first kappa shape index (κ1) is 11.0. The zero-order valence-corrected chi connectivity index (χ0v) is 8.49. The van der Waals surface area contributed by atoms with E-state index in [9.17, 15) is 9.59 Å². The summed E-state index contributed by atoms with van der Waals surface area (Å²) in [5.74, 6) is -1.10. The number of likely N-dealkylation sites (N-methyl/N-ethyl adjacent to an activating group) is 1. The lowest BCUT2D eigenvalue weighted by atomic mass is 10.2. The van der Waals surface area contributed by atoms with Crippen LogP contribution >= 0.6 is 0 Å². The van der Waals surface area contributed by atoms with Crippen molar-refractivity contribution in [2.24, 2.45) is 0 Å². The van der Waals surface area contributed by atoms with E-state index < -0.39 is 12.0 Å². The number of nitrogens with zero attached hydrogens (tertiary/aromatic N) is 1. The highest BCUT2D eigenvalue weighted by Crippen LogP contribution is 2.09. The molecule has 0 bridgehead atoms. The van der Waals surface area contributed by atoms with Gasteiger partial charge in [-0.3, -0.25) is 4.79 Å². The van der Waals surface area contributed by atoms with Crippen LogP contribution in [0.1, 0.15) is 19.8 Å². The van der Waals surface area contributed by atoms with Gasteiger partial charge in [0.15, 0.2) is 0 Å². The summed E-state index contributed by atoms with van der Waals surface area (Å²) >= 11 is 0. The van der Waals surface area contributed by atoms with E-state index in [4.69, 9.17) is 5.11 Å². The first-order valence-electron chi connectivity index (χ1n) is 4.77. The van der Waals surface area contributed by atoms with Crippen molar-refractivity contribution in [3.63, 3.8) is 0 Å². The van der Waals surface area contributed by atoms with E-state index in [1.54, 1.807) is 0 Å². The highest BCUT2D eigenvalue weighted by Gasteiger charge is 2.29. The molecule has 2 atom stereocenters. The lowest BCUT2D eigenvalue weighted by molar-refractivity contribution is -0.148. The molecule has 2 N–H and O–H groups in total. The van der Waals surface area contributed by atoms with Crippen LogP contribution in [0.5, 0.6) is 0 Å². The highest BCUT2D eigenvalue weighted by atomic mass is 16.4. The Morgan fingerprint density at radius 3 is 2.64 bits per heavy atom. The Kier molecular flexibility index (Phi) is 3.46. The number of rotatable bonds is 3. The van der Waals surface area contributed by atoms with Gasteiger partial charge < -0.3 is 15.3 Å². The van der Waals surface area contributed by atoms with Gasteiger partial charge in [-0.2, -0.15) is 0 Å². The quantitative estimate of drug-likeness (QED) is 0.654. The summed E-state index contributed by atoms with van der Waals surface area (Å²) in [6.07, 6.45) is 1.78. The molecule has 1 saturated heterocycles. The molecule has 5 nitrogen and oxygen atoms in total. The Morgan fingerprint density at radius 2 is 2.21 bits per heavy atom. The van der Waals surface area contributed by atoms with Gasteiger partial charge in [-0.1, -0.05) is 0 Å². The summed E-state index contributed by atoms with van der Waals surface area (Å²) < 4.78 is 0. The molecular formula is C9H16N2O3. The zero-order valence-electron chi connectivity index (χ0n) is 8.49. The summed E-state index contributed by atoms with van der Waals surface area (Å²) in [4.78, 5) is 23.6. The Balaban J connectivity index is 2.54. The molecule has 1 amide bonds. The minimum absolute atomic E-state index is 0.127. The maximum absolute atomic E-state index is 11.7. The summed E-state index contributed by atoms with van der Waals surface area (Å²) in [5.41, 5.74) is 0. The maximum atomic E-state index is 11.7. The third-order valence-electron chi connectivity index (χ3n) is 2.64. The molecule has 0 aromatic heterocycles. The molecule has 1 heterocycles. The molecule has 80 valence electrons. The average molecular weight is 200 g/mol. The molecule has 0 aromatic rings. The van der Waals surface area contributed by atoms with Crippen molar-refractivity contribution in [1.29, 1.82) is 0 Å². The molecular weight excluding hydrogens is 184 g/mol. The molecule has 0 aliphatic carbocycles. The van der Waals surface area contributed by atoms with Crippen molar-refractivity contribution in [3.8, 4) is 0 Å². The smallest absolute Gasteiger partial charge is 0.326 e. The van der Waals surface area contributed by atoms with E-state index in [0.717, 1.165) is 19.4 Å². The number of aliphatic carboxylic acids is 1. The van der Waals surface area contributed by atoms with Crippen LogP contribution in [0.15, 0.2) is 0 Å². The zero-order chi connectivity index (χ0) is 10.7. The molecule has 1 aliphatic heterocycles. The molecule has 1 unspecified atom stereocenters. The van der Waals surface area contributed by atoms with Crippen molar-refractivity contribution >= 4 is 11.9 Å². The van der Waals surface area contributed by atoms with Gasteiger partial charge in [-0.05, 0) is 26.3 Å². The van der Waals surface area contributed by atoms with Crippen molar-refractivity contribution in [2.75, 3.05) is 13.6 Å². The van der Waals surface area contributed by atoms with Gasteiger partial charge in [-0.15, -0.1) is 0 Å². The van der Waals surface area contributed by atoms with Gasteiger partial charge >= 0.3 is 5.97 Å². The number of hydrogen-bond donors (Lipinski definition) is 2. The largest absolute Gasteiger partial charge is 0.480 e. The average Bonchev–Trinajstić information content (AvgIpc) is 2.67. The Hall–Kier alpha value is -1.10. The number of hydrogen-bond acceptors (Lipinski definition) is 3. The fourth-order valence-corrected chi connectivity index (χ4v) is 1.50. The Labute approximate surface area is 83.1 Å². The lowest BCUT2D eigenvalue weighted by Gasteiger charge is -2.24. The number of carboxylic acid groups (broad SMARTS) is 1. The van der Waals surface area contributed by atoms with Crippen molar-refractivity contribution in [2.45, 2.75) is 31.8 Å². The van der Waals surface area contributed by atoms with Gasteiger partial charge in [-0.25, -0.2) is 4.79 Å². The third-order valence-corrected chi connectivity index (χ3v) is 2.64. The Morgan fingerprint density at radius 1 is 1.57 bits per heavy atom. The summed E-state index contributed by atoms with van der Waals surface area (Å²) in [7, 11) is 1.53. The van der Waals surface area contributed by atoms with E-state index in [-0.39, 0.29) is 11.9 Å². The standard InChI is InChI=1S/C9H16N2O3/c1-6(9(13)14)11(2)8(12)7-4-3-5-10-7/h6-7,10H,3-5H2,1-2H3,(H,13,14)/t6?,7-/m1/s1. The van der Waals surface area contributed by atoms with Gasteiger partial charge in [0.25, 0.3) is 0 Å². The van der Waals surface area contributed by atoms with Gasteiger partial charge in [0.05, 0.1) is 6.04 Å². The number of nitrogens with one attached hydrogen (secondary N) is 1. The molecule has 1 aliphatic rings. The monoisotopic (exact) mass is 200 g/mol. The second-order valence-corrected chi connectivity index (χ2v) is 3.61. The summed E-state index contributed by atoms with van der Waals surface area (Å²) in [6.45, 7) is 2.35. The molecule has 1 rings (SSSR count). The molecule has 0 radical (unpaired) electrons. The highest BCUT2D eigenvalue weighted by molar-refractivity contribution is 5.86. The maximum Gasteiger partial charge on any atom is 0.326 e. The SMILES string of the molecule is CC(C(=O)O)N(C)C(=O)[C@H]1CCCN1. The number of carbonyl (C=O) groups is 2. The van der Waals surface area contributed by atoms with Crippen LogP contribution in [0, 0.1) is 0 Å². The molecule has 0 aromatic carbocycles. The minimum atomic E-state index is -0.973. The normalized spacial score (nSPS) is 23.1. The first-order valence-corrected chi connectivity index (χ1v) is 4.77. The van der Waals surface area contributed by atoms with Gasteiger partial charge in [0.1, 0.15) is 6.04 Å². The second-order valence-electron chi connectivity index (χ2n) is 3.61. The van der Waals surface area contributed by atoms with Crippen LogP contribution in [0.25, 0.3) is 0 Å². The molecule has 5 heteroatoms. The van der Waals surface area contributed by atoms with Crippen molar-refractivity contribution < 1.29 is 14.7 Å². The fraction of sp³-hybridized carbons (Fsp3) is 0.778. The van der Waals surface area contributed by atoms with E-state index in [1.807, 2.05) is 0 Å². The fourth-order valence-electron chi connectivity index (χ4n) is 1.50. The predicted octanol–water partition coefficient (Wildman–Crippen LogP) is -0.330. The molecule has 1 fully saturated rings. The Bertz CT molecular complexity index is 236. The van der Waals surface area contributed by atoms with Crippen LogP contribution < -0.4 is 5.32 Å². The summed E-state index contributed by atoms with van der Waals surface area (Å²) in [6, 6.07) is -0.952. The van der Waals surface area contributed by atoms with Gasteiger partial charge in [0, 0.05) is 7.05 Å². The van der Waals surface area contributed by atoms with Crippen molar-refractivity contribution in [1.82, 2.24) is 10.2 Å². The lowest BCUT2D eigenvalue weighted by Crippen LogP contribution is -2.48. The van der Waals surface area contributed by atoms with Crippen LogP contribution in [-0.2, 0) is 9.59 Å². The molecule has 14 heavy (non-hydrogen) atoms. The molecule has 0 spiro atoms. The minimum Gasteiger partial charge on any atom is -0.480 e.